The van der Waals surface area contributed by atoms with Crippen LogP contribution in [0.25, 0.3) is 10.9 Å². The maximum atomic E-state index is 14.5. The largest absolute Gasteiger partial charge is 0.469 e. The summed E-state index contributed by atoms with van der Waals surface area (Å²) in [5.41, 5.74) is -0.220. The fourth-order valence-corrected chi connectivity index (χ4v) is 3.43. The van der Waals surface area contributed by atoms with Crippen molar-refractivity contribution in [3.63, 3.8) is 0 Å². The molecule has 2 aliphatic heterocycles. The van der Waals surface area contributed by atoms with Crippen molar-refractivity contribution < 1.29 is 22.3 Å². The first-order chi connectivity index (χ1) is 11.3. The Morgan fingerprint density at radius 2 is 2.12 bits per heavy atom. The molecule has 1 fully saturated rings. The topological polar surface area (TPSA) is 94.5 Å². The van der Waals surface area contributed by atoms with Crippen molar-refractivity contribution >= 4 is 38.2 Å². The van der Waals surface area contributed by atoms with Gasteiger partial charge in [0.15, 0.2) is 11.0 Å². The molecule has 11 heteroatoms. The van der Waals surface area contributed by atoms with E-state index in [0.29, 0.717) is 26.3 Å². The Kier molecular flexibility index (Phi) is 3.52. The van der Waals surface area contributed by atoms with Crippen LogP contribution in [-0.4, -0.2) is 62.0 Å². The summed E-state index contributed by atoms with van der Waals surface area (Å²) in [5.74, 6) is -0.574. The molecule has 0 N–H and O–H groups in total. The minimum atomic E-state index is -3.74. The normalized spacial score (nSPS) is 20.5. The van der Waals surface area contributed by atoms with Crippen LogP contribution in [0.2, 0.25) is 5.15 Å². The van der Waals surface area contributed by atoms with E-state index < -0.39 is 26.0 Å². The fourth-order valence-electron chi connectivity index (χ4n) is 2.76. The number of halogens is 2. The molecule has 4 rings (SSSR count). The van der Waals surface area contributed by atoms with Crippen LogP contribution in [-0.2, 0) is 14.6 Å². The van der Waals surface area contributed by atoms with Gasteiger partial charge in [-0.15, -0.1) is 0 Å². The van der Waals surface area contributed by atoms with Crippen LogP contribution in [0.15, 0.2) is 5.16 Å². The number of anilines is 1. The quantitative estimate of drug-likeness (QED) is 0.535. The smallest absolute Gasteiger partial charge is 0.249 e. The van der Waals surface area contributed by atoms with Crippen LogP contribution in [0.1, 0.15) is 0 Å². The summed E-state index contributed by atoms with van der Waals surface area (Å²) in [6.45, 7) is 1.61. The molecule has 0 spiro atoms. The number of fused-ring (bicyclic) bond motifs is 3. The predicted octanol–water partition coefficient (Wildman–Crippen LogP) is 0.818. The highest BCUT2D eigenvalue weighted by Crippen LogP contribution is 2.38. The van der Waals surface area contributed by atoms with Crippen LogP contribution >= 0.6 is 11.6 Å². The Morgan fingerprint density at radius 3 is 2.88 bits per heavy atom. The van der Waals surface area contributed by atoms with E-state index in [1.54, 1.807) is 4.90 Å². The second-order valence-electron chi connectivity index (χ2n) is 5.61. The first-order valence-corrected chi connectivity index (χ1v) is 9.37. The molecule has 1 saturated heterocycles. The molecule has 1 unspecified atom stereocenters. The maximum absolute atomic E-state index is 14.5. The lowest BCUT2D eigenvalue weighted by molar-refractivity contribution is 0.0717. The summed E-state index contributed by atoms with van der Waals surface area (Å²) in [6, 6.07) is 0. The number of pyridine rings is 1. The van der Waals surface area contributed by atoms with Gasteiger partial charge in [-0.25, -0.2) is 22.8 Å². The third kappa shape index (κ3) is 2.45. The highest BCUT2D eigenvalue weighted by molar-refractivity contribution is 7.90. The van der Waals surface area contributed by atoms with Crippen LogP contribution < -0.4 is 9.64 Å². The SMILES string of the molecule is CS(=O)(=O)c1nc2c3c(nc(Cl)c(F)c3n1)OC1COCCN2C1. The molecular formula is C13H12ClFN4O4S. The summed E-state index contributed by atoms with van der Waals surface area (Å²) in [7, 11) is -3.74. The average Bonchev–Trinajstić information content (AvgIpc) is 2.83. The lowest BCUT2D eigenvalue weighted by Gasteiger charge is -2.21. The molecule has 2 aliphatic rings. The number of aromatic nitrogens is 3. The van der Waals surface area contributed by atoms with Gasteiger partial charge in [-0.05, 0) is 0 Å². The molecular weight excluding hydrogens is 363 g/mol. The standard InChI is InChI=1S/C13H12ClFN4O4S/c1-24(20,21)13-16-9-7-11(18-13)19-2-3-22-5-6(4-19)23-12(7)17-10(14)8(9)15/h6H,2-5H2,1H3. The number of rotatable bonds is 1. The zero-order chi connectivity index (χ0) is 17.1. The molecule has 2 aromatic rings. The lowest BCUT2D eigenvalue weighted by atomic mass is 10.2. The van der Waals surface area contributed by atoms with Crippen molar-refractivity contribution in [2.75, 3.05) is 37.5 Å². The number of hydrogen-bond acceptors (Lipinski definition) is 8. The second-order valence-corrected chi connectivity index (χ2v) is 7.88. The number of sulfone groups is 1. The molecule has 0 radical (unpaired) electrons. The van der Waals surface area contributed by atoms with Crippen molar-refractivity contribution in [3.8, 4) is 5.88 Å². The summed E-state index contributed by atoms with van der Waals surface area (Å²) < 4.78 is 49.5. The maximum Gasteiger partial charge on any atom is 0.249 e. The molecule has 2 aromatic heterocycles. The van der Waals surface area contributed by atoms with Crippen LogP contribution in [0, 0.1) is 5.82 Å². The van der Waals surface area contributed by atoms with Gasteiger partial charge in [0, 0.05) is 12.8 Å². The van der Waals surface area contributed by atoms with Crippen molar-refractivity contribution in [1.29, 1.82) is 0 Å². The van der Waals surface area contributed by atoms with Gasteiger partial charge in [-0.1, -0.05) is 11.6 Å². The second kappa shape index (κ2) is 5.36. The van der Waals surface area contributed by atoms with Gasteiger partial charge >= 0.3 is 0 Å². The Hall–Kier alpha value is -1.78. The minimum Gasteiger partial charge on any atom is -0.469 e. The van der Waals surface area contributed by atoms with Crippen LogP contribution in [0.3, 0.4) is 0 Å². The molecule has 1 atom stereocenters. The van der Waals surface area contributed by atoms with Crippen molar-refractivity contribution in [2.45, 2.75) is 11.3 Å². The van der Waals surface area contributed by atoms with E-state index in [1.165, 1.54) is 0 Å². The number of ether oxygens (including phenoxy) is 2. The number of hydrogen-bond donors (Lipinski definition) is 0. The Balaban J connectivity index is 2.11. The highest BCUT2D eigenvalue weighted by Gasteiger charge is 2.33. The molecule has 0 saturated carbocycles. The van der Waals surface area contributed by atoms with Crippen molar-refractivity contribution in [3.05, 3.63) is 11.0 Å². The molecule has 0 aliphatic carbocycles. The van der Waals surface area contributed by atoms with Gasteiger partial charge in [0.1, 0.15) is 22.8 Å². The van der Waals surface area contributed by atoms with E-state index in [0.717, 1.165) is 6.26 Å². The number of nitrogens with zero attached hydrogens (tertiary/aromatic N) is 4. The first kappa shape index (κ1) is 15.7. The van der Waals surface area contributed by atoms with E-state index in [4.69, 9.17) is 21.1 Å². The third-order valence-electron chi connectivity index (χ3n) is 3.81. The van der Waals surface area contributed by atoms with Gasteiger partial charge in [0.2, 0.25) is 20.9 Å². The summed E-state index contributed by atoms with van der Waals surface area (Å²) in [5, 5.41) is -0.693. The van der Waals surface area contributed by atoms with E-state index in [-0.39, 0.29) is 28.7 Å². The molecule has 8 nitrogen and oxygen atoms in total. The molecule has 0 amide bonds. The van der Waals surface area contributed by atoms with Gasteiger partial charge in [-0.2, -0.15) is 4.98 Å². The predicted molar refractivity (Wildman–Crippen MR) is 82.9 cm³/mol. The van der Waals surface area contributed by atoms with Crippen molar-refractivity contribution in [2.24, 2.45) is 0 Å². The van der Waals surface area contributed by atoms with Crippen molar-refractivity contribution in [1.82, 2.24) is 15.0 Å². The minimum absolute atomic E-state index is 0.0736. The van der Waals surface area contributed by atoms with E-state index in [9.17, 15) is 12.8 Å². The summed E-state index contributed by atoms with van der Waals surface area (Å²) in [4.78, 5) is 13.7. The zero-order valence-corrected chi connectivity index (χ0v) is 14.1. The summed E-state index contributed by atoms with van der Waals surface area (Å²) >= 11 is 5.82. The highest BCUT2D eigenvalue weighted by atomic mass is 35.5. The monoisotopic (exact) mass is 374 g/mol. The van der Waals surface area contributed by atoms with E-state index in [1.807, 2.05) is 0 Å². The fraction of sp³-hybridized carbons (Fsp3) is 0.462. The summed E-state index contributed by atoms with van der Waals surface area (Å²) in [6.07, 6.45) is 0.602. The van der Waals surface area contributed by atoms with E-state index >= 15 is 0 Å². The third-order valence-corrected chi connectivity index (χ3v) is 4.91. The molecule has 0 aromatic carbocycles. The first-order valence-electron chi connectivity index (χ1n) is 7.11. The van der Waals surface area contributed by atoms with Crippen LogP contribution in [0.4, 0.5) is 10.2 Å². The molecule has 128 valence electrons. The van der Waals surface area contributed by atoms with Crippen LogP contribution in [0.5, 0.6) is 5.88 Å². The van der Waals surface area contributed by atoms with Gasteiger partial charge in [-0.3, -0.25) is 0 Å². The molecule has 4 heterocycles. The molecule has 2 bridgehead atoms. The Bertz CT molecular complexity index is 955. The van der Waals surface area contributed by atoms with Gasteiger partial charge in [0.05, 0.1) is 19.8 Å². The lowest BCUT2D eigenvalue weighted by Crippen LogP contribution is -2.35. The zero-order valence-electron chi connectivity index (χ0n) is 12.5. The van der Waals surface area contributed by atoms with E-state index in [2.05, 4.69) is 15.0 Å². The van der Waals surface area contributed by atoms with Gasteiger partial charge < -0.3 is 14.4 Å². The molecule has 24 heavy (non-hydrogen) atoms. The van der Waals surface area contributed by atoms with Gasteiger partial charge in [0.25, 0.3) is 0 Å². The Morgan fingerprint density at radius 1 is 1.33 bits per heavy atom. The Labute approximate surface area is 141 Å². The average molecular weight is 375 g/mol.